The van der Waals surface area contributed by atoms with Crippen molar-refractivity contribution < 1.29 is 4.79 Å². The molecule has 3 aromatic rings. The van der Waals surface area contributed by atoms with E-state index in [0.717, 1.165) is 59.6 Å². The lowest BCUT2D eigenvalue weighted by Gasteiger charge is -2.34. The van der Waals surface area contributed by atoms with Gasteiger partial charge in [-0.1, -0.05) is 36.4 Å². The number of anilines is 2. The van der Waals surface area contributed by atoms with Crippen molar-refractivity contribution in [1.29, 1.82) is 0 Å². The number of hydrogen-bond donors (Lipinski definition) is 2. The van der Waals surface area contributed by atoms with Crippen LogP contribution in [0.2, 0.25) is 0 Å². The lowest BCUT2D eigenvalue weighted by atomic mass is 9.98. The fraction of sp³-hybridized carbons (Fsp3) is 0.280. The van der Waals surface area contributed by atoms with Crippen LogP contribution in [0.25, 0.3) is 11.1 Å². The van der Waals surface area contributed by atoms with Gasteiger partial charge in [-0.3, -0.25) is 9.78 Å². The maximum Gasteiger partial charge on any atom is 0.259 e. The monoisotopic (exact) mass is 400 g/mol. The van der Waals surface area contributed by atoms with Crippen LogP contribution >= 0.6 is 0 Å². The predicted molar refractivity (Wildman–Crippen MR) is 123 cm³/mol. The number of nitrogens with one attached hydrogen (secondary N) is 1. The minimum absolute atomic E-state index is 0.143. The summed E-state index contributed by atoms with van der Waals surface area (Å²) < 4.78 is 0. The van der Waals surface area contributed by atoms with Crippen molar-refractivity contribution in [2.75, 3.05) is 23.3 Å². The largest absolute Gasteiger partial charge is 0.370 e. The molecule has 1 aliphatic heterocycles. The summed E-state index contributed by atoms with van der Waals surface area (Å²) >= 11 is 0. The Hall–Kier alpha value is -3.18. The van der Waals surface area contributed by atoms with Crippen LogP contribution in [0.4, 0.5) is 11.4 Å². The highest BCUT2D eigenvalue weighted by Crippen LogP contribution is 2.35. The Kier molecular flexibility index (Phi) is 5.81. The van der Waals surface area contributed by atoms with Crippen LogP contribution < -0.4 is 16.0 Å². The van der Waals surface area contributed by atoms with Gasteiger partial charge in [-0.15, -0.1) is 0 Å². The summed E-state index contributed by atoms with van der Waals surface area (Å²) in [5.74, 6) is -0.143. The molecule has 5 heteroatoms. The fourth-order valence-corrected chi connectivity index (χ4v) is 4.16. The van der Waals surface area contributed by atoms with Crippen LogP contribution in [-0.4, -0.2) is 30.0 Å². The Morgan fingerprint density at radius 1 is 1.03 bits per heavy atom. The Labute approximate surface area is 177 Å². The van der Waals surface area contributed by atoms with E-state index in [0.29, 0.717) is 5.56 Å². The highest BCUT2D eigenvalue weighted by atomic mass is 16.1. The maximum atomic E-state index is 13.3. The number of carbonyl (C=O) groups excluding carboxylic acids is 1. The third kappa shape index (κ3) is 4.36. The molecule has 154 valence electrons. The summed E-state index contributed by atoms with van der Waals surface area (Å²) in [6.45, 7) is 5.72. The van der Waals surface area contributed by atoms with Crippen LogP contribution in [0.3, 0.4) is 0 Å². The van der Waals surface area contributed by atoms with Crippen LogP contribution in [0.5, 0.6) is 0 Å². The van der Waals surface area contributed by atoms with E-state index in [1.807, 2.05) is 50.4 Å². The number of hydrogen-bond acceptors (Lipinski definition) is 4. The summed E-state index contributed by atoms with van der Waals surface area (Å²) in [5.41, 5.74) is 12.7. The van der Waals surface area contributed by atoms with Gasteiger partial charge in [0.15, 0.2) is 0 Å². The van der Waals surface area contributed by atoms with E-state index in [2.05, 4.69) is 33.4 Å². The Balaban J connectivity index is 1.75. The summed E-state index contributed by atoms with van der Waals surface area (Å²) in [6.07, 6.45) is 5.35. The minimum Gasteiger partial charge on any atom is -0.370 e. The predicted octanol–water partition coefficient (Wildman–Crippen LogP) is 4.55. The smallest absolute Gasteiger partial charge is 0.259 e. The zero-order valence-corrected chi connectivity index (χ0v) is 17.6. The molecule has 0 bridgehead atoms. The molecule has 3 N–H and O–H groups in total. The molecule has 30 heavy (non-hydrogen) atoms. The van der Waals surface area contributed by atoms with Crippen molar-refractivity contribution in [1.82, 2.24) is 4.98 Å². The van der Waals surface area contributed by atoms with Gasteiger partial charge in [-0.2, -0.15) is 0 Å². The molecular weight excluding hydrogens is 372 g/mol. The first-order valence-corrected chi connectivity index (χ1v) is 10.4. The number of rotatable bonds is 4. The number of nitrogens with two attached hydrogens (primary N) is 1. The van der Waals surface area contributed by atoms with Crippen molar-refractivity contribution in [3.05, 3.63) is 77.6 Å². The maximum absolute atomic E-state index is 13.3. The topological polar surface area (TPSA) is 71.2 Å². The second kappa shape index (κ2) is 8.67. The van der Waals surface area contributed by atoms with Gasteiger partial charge in [0, 0.05) is 42.8 Å². The number of aryl methyl sites for hydroxylation is 2. The van der Waals surface area contributed by atoms with E-state index in [1.54, 1.807) is 6.20 Å². The van der Waals surface area contributed by atoms with E-state index < -0.39 is 0 Å². The third-order valence-electron chi connectivity index (χ3n) is 5.58. The molecule has 4 rings (SSSR count). The van der Waals surface area contributed by atoms with E-state index >= 15 is 0 Å². The summed E-state index contributed by atoms with van der Waals surface area (Å²) in [4.78, 5) is 20.0. The van der Waals surface area contributed by atoms with Gasteiger partial charge in [0.05, 0.1) is 11.3 Å². The van der Waals surface area contributed by atoms with E-state index in [4.69, 9.17) is 5.73 Å². The summed E-state index contributed by atoms with van der Waals surface area (Å²) in [5, 5.41) is 3.08. The summed E-state index contributed by atoms with van der Waals surface area (Å²) in [6, 6.07) is 16.4. The van der Waals surface area contributed by atoms with Crippen LogP contribution in [0.1, 0.15) is 34.3 Å². The molecule has 1 aliphatic rings. The molecule has 0 saturated carbocycles. The molecule has 0 radical (unpaired) electrons. The minimum atomic E-state index is -0.143. The molecule has 0 atom stereocenters. The normalized spacial score (nSPS) is 14.6. The highest BCUT2D eigenvalue weighted by molar-refractivity contribution is 6.10. The lowest BCUT2D eigenvalue weighted by molar-refractivity contribution is 0.102. The van der Waals surface area contributed by atoms with Crippen molar-refractivity contribution in [3.8, 4) is 11.1 Å². The number of benzene rings is 2. The second-order valence-corrected chi connectivity index (χ2v) is 8.10. The molecule has 2 aromatic carbocycles. The summed E-state index contributed by atoms with van der Waals surface area (Å²) in [7, 11) is 0. The van der Waals surface area contributed by atoms with Gasteiger partial charge in [-0.05, 0) is 55.5 Å². The average molecular weight is 401 g/mol. The Morgan fingerprint density at radius 2 is 1.70 bits per heavy atom. The molecule has 1 saturated heterocycles. The lowest BCUT2D eigenvalue weighted by Crippen LogP contribution is -2.40. The molecule has 0 spiro atoms. The van der Waals surface area contributed by atoms with Gasteiger partial charge in [0.2, 0.25) is 0 Å². The first-order valence-electron chi connectivity index (χ1n) is 10.4. The molecular formula is C25H28N4O. The quantitative estimate of drug-likeness (QED) is 0.674. The number of aromatic nitrogens is 1. The second-order valence-electron chi connectivity index (χ2n) is 8.10. The van der Waals surface area contributed by atoms with E-state index in [-0.39, 0.29) is 11.9 Å². The number of pyridine rings is 1. The van der Waals surface area contributed by atoms with Crippen LogP contribution in [0.15, 0.2) is 60.9 Å². The molecule has 1 aromatic heterocycles. The van der Waals surface area contributed by atoms with Crippen molar-refractivity contribution in [2.24, 2.45) is 5.73 Å². The van der Waals surface area contributed by atoms with E-state index in [9.17, 15) is 4.79 Å². The molecule has 0 aliphatic carbocycles. The van der Waals surface area contributed by atoms with Crippen molar-refractivity contribution in [2.45, 2.75) is 32.7 Å². The van der Waals surface area contributed by atoms with Gasteiger partial charge < -0.3 is 16.0 Å². The van der Waals surface area contributed by atoms with Crippen molar-refractivity contribution in [3.63, 3.8) is 0 Å². The average Bonchev–Trinajstić information content (AvgIpc) is 2.74. The van der Waals surface area contributed by atoms with Crippen LogP contribution in [-0.2, 0) is 0 Å². The first kappa shape index (κ1) is 20.1. The zero-order chi connectivity index (χ0) is 21.1. The molecule has 2 heterocycles. The van der Waals surface area contributed by atoms with Gasteiger partial charge in [-0.25, -0.2) is 0 Å². The molecule has 1 amide bonds. The fourth-order valence-electron chi connectivity index (χ4n) is 4.16. The van der Waals surface area contributed by atoms with Gasteiger partial charge in [0.1, 0.15) is 0 Å². The molecule has 0 unspecified atom stereocenters. The van der Waals surface area contributed by atoms with Crippen molar-refractivity contribution >= 4 is 17.3 Å². The molecule has 5 nitrogen and oxygen atoms in total. The van der Waals surface area contributed by atoms with Crippen LogP contribution in [0, 0.1) is 13.8 Å². The standard InChI is InChI=1S/C25H28N4O/c1-17-12-18(2)14-21(13-17)28-25(30)23-16-27-15-22(19-6-4-3-5-7-19)24(23)29-10-8-20(26)9-11-29/h3-7,12-16,20H,8-11,26H2,1-2H3,(H,28,30). The number of amides is 1. The Bertz CT molecular complexity index is 1020. The number of carbonyl (C=O) groups is 1. The number of nitrogens with zero attached hydrogens (tertiary/aromatic N) is 2. The van der Waals surface area contributed by atoms with Gasteiger partial charge in [0.25, 0.3) is 5.91 Å². The molecule has 1 fully saturated rings. The SMILES string of the molecule is Cc1cc(C)cc(NC(=O)c2cncc(-c3ccccc3)c2N2CCC(N)CC2)c1. The van der Waals surface area contributed by atoms with E-state index in [1.165, 1.54) is 0 Å². The third-order valence-corrected chi connectivity index (χ3v) is 5.58. The number of piperidine rings is 1. The first-order chi connectivity index (χ1) is 14.5. The zero-order valence-electron chi connectivity index (χ0n) is 17.6. The highest BCUT2D eigenvalue weighted by Gasteiger charge is 2.25. The Morgan fingerprint density at radius 3 is 2.37 bits per heavy atom. The van der Waals surface area contributed by atoms with Gasteiger partial charge >= 0.3 is 0 Å².